The number of hydrogen-bond donors (Lipinski definition) is 2. The van der Waals surface area contributed by atoms with Crippen molar-refractivity contribution in [1.29, 1.82) is 0 Å². The molecule has 0 aromatic heterocycles. The van der Waals surface area contributed by atoms with Gasteiger partial charge in [0.2, 0.25) is 10.0 Å². The van der Waals surface area contributed by atoms with Crippen LogP contribution in [0.15, 0.2) is 27.6 Å². The Kier molecular flexibility index (Phi) is 6.93. The fourth-order valence-corrected chi connectivity index (χ4v) is 4.62. The van der Waals surface area contributed by atoms with Crippen molar-refractivity contribution in [3.05, 3.63) is 22.7 Å². The van der Waals surface area contributed by atoms with Gasteiger partial charge in [-0.25, -0.2) is 13.1 Å². The van der Waals surface area contributed by atoms with E-state index >= 15 is 0 Å². The lowest BCUT2D eigenvalue weighted by Crippen LogP contribution is -2.40. The molecular formula is C13H20BrClN2O3S. The number of benzene rings is 1. The minimum atomic E-state index is -3.56. The van der Waals surface area contributed by atoms with Crippen LogP contribution in [-0.4, -0.2) is 27.6 Å². The van der Waals surface area contributed by atoms with Gasteiger partial charge in [0.05, 0.1) is 12.0 Å². The number of ether oxygens (including phenoxy) is 1. The maximum atomic E-state index is 12.4. The van der Waals surface area contributed by atoms with Gasteiger partial charge in [0, 0.05) is 22.6 Å². The minimum absolute atomic E-state index is 0. The third-order valence-corrected chi connectivity index (χ3v) is 6.04. The van der Waals surface area contributed by atoms with Gasteiger partial charge < -0.3 is 10.5 Å². The largest absolute Gasteiger partial charge is 0.497 e. The van der Waals surface area contributed by atoms with E-state index in [4.69, 9.17) is 10.5 Å². The SMILES string of the molecule is COc1ccc(Br)c(S(=O)(=O)NC2CCC(N)CC2)c1.Cl. The summed E-state index contributed by atoms with van der Waals surface area (Å²) in [6, 6.07) is 5.05. The molecule has 0 heterocycles. The van der Waals surface area contributed by atoms with E-state index in [1.165, 1.54) is 13.2 Å². The molecule has 0 bridgehead atoms. The number of rotatable bonds is 4. The Balaban J connectivity index is 0.00000220. The first-order valence-electron chi connectivity index (χ1n) is 6.54. The zero-order chi connectivity index (χ0) is 14.8. The van der Waals surface area contributed by atoms with Gasteiger partial charge in [0.15, 0.2) is 0 Å². The number of methoxy groups -OCH3 is 1. The first-order chi connectivity index (χ1) is 9.42. The molecule has 3 N–H and O–H groups in total. The zero-order valence-electron chi connectivity index (χ0n) is 11.7. The molecule has 120 valence electrons. The predicted octanol–water partition coefficient (Wildman–Crippen LogP) is 2.43. The fraction of sp³-hybridized carbons (Fsp3) is 0.538. The normalized spacial score (nSPS) is 22.4. The number of nitrogens with one attached hydrogen (secondary N) is 1. The summed E-state index contributed by atoms with van der Waals surface area (Å²) in [4.78, 5) is 0.201. The Morgan fingerprint density at radius 3 is 2.48 bits per heavy atom. The summed E-state index contributed by atoms with van der Waals surface area (Å²) in [6.45, 7) is 0. The van der Waals surface area contributed by atoms with Gasteiger partial charge in [-0.05, 0) is 53.7 Å². The highest BCUT2D eigenvalue weighted by molar-refractivity contribution is 9.10. The molecule has 2 rings (SSSR count). The van der Waals surface area contributed by atoms with Crippen LogP contribution in [0, 0.1) is 0 Å². The second-order valence-corrected chi connectivity index (χ2v) is 7.57. The predicted molar refractivity (Wildman–Crippen MR) is 88.5 cm³/mol. The van der Waals surface area contributed by atoms with E-state index in [1.54, 1.807) is 12.1 Å². The maximum Gasteiger partial charge on any atom is 0.242 e. The summed E-state index contributed by atoms with van der Waals surface area (Å²) >= 11 is 3.28. The second kappa shape index (κ2) is 7.78. The smallest absolute Gasteiger partial charge is 0.242 e. The molecule has 21 heavy (non-hydrogen) atoms. The highest BCUT2D eigenvalue weighted by atomic mass is 79.9. The molecule has 0 amide bonds. The Bertz CT molecular complexity index is 575. The molecule has 0 saturated heterocycles. The van der Waals surface area contributed by atoms with Crippen molar-refractivity contribution >= 4 is 38.4 Å². The fourth-order valence-electron chi connectivity index (χ4n) is 2.34. The van der Waals surface area contributed by atoms with Crippen LogP contribution in [0.2, 0.25) is 0 Å². The van der Waals surface area contributed by atoms with Gasteiger partial charge in [-0.3, -0.25) is 0 Å². The summed E-state index contributed by atoms with van der Waals surface area (Å²) < 4.78 is 33.2. The van der Waals surface area contributed by atoms with Crippen LogP contribution in [0.4, 0.5) is 0 Å². The monoisotopic (exact) mass is 398 g/mol. The van der Waals surface area contributed by atoms with Crippen molar-refractivity contribution in [2.45, 2.75) is 42.7 Å². The number of nitrogens with two attached hydrogens (primary N) is 1. The summed E-state index contributed by atoms with van der Waals surface area (Å²) in [6.07, 6.45) is 3.27. The van der Waals surface area contributed by atoms with E-state index in [0.29, 0.717) is 10.2 Å². The van der Waals surface area contributed by atoms with Crippen LogP contribution in [-0.2, 0) is 10.0 Å². The Morgan fingerprint density at radius 2 is 1.90 bits per heavy atom. The van der Waals surface area contributed by atoms with Gasteiger partial charge in [-0.2, -0.15) is 0 Å². The number of halogens is 2. The average Bonchev–Trinajstić information content (AvgIpc) is 2.41. The lowest BCUT2D eigenvalue weighted by Gasteiger charge is -2.26. The lowest BCUT2D eigenvalue weighted by atomic mass is 9.93. The molecule has 0 radical (unpaired) electrons. The number of sulfonamides is 1. The molecule has 1 aliphatic carbocycles. The van der Waals surface area contributed by atoms with Crippen molar-refractivity contribution in [2.75, 3.05) is 7.11 Å². The van der Waals surface area contributed by atoms with Crippen LogP contribution in [0.25, 0.3) is 0 Å². The molecule has 0 unspecified atom stereocenters. The van der Waals surface area contributed by atoms with Crippen LogP contribution in [0.1, 0.15) is 25.7 Å². The Morgan fingerprint density at radius 1 is 1.29 bits per heavy atom. The first-order valence-corrected chi connectivity index (χ1v) is 8.81. The molecular weight excluding hydrogens is 380 g/mol. The summed E-state index contributed by atoms with van der Waals surface area (Å²) in [5.41, 5.74) is 5.83. The lowest BCUT2D eigenvalue weighted by molar-refractivity contribution is 0.373. The van der Waals surface area contributed by atoms with E-state index in [9.17, 15) is 8.42 Å². The standard InChI is InChI=1S/C13H19BrN2O3S.ClH/c1-19-11-6-7-12(14)13(8-11)20(17,18)16-10-4-2-9(15)3-5-10;/h6-10,16H,2-5,15H2,1H3;1H. The first kappa shape index (κ1) is 18.7. The van der Waals surface area contributed by atoms with Gasteiger partial charge in [-0.15, -0.1) is 12.4 Å². The van der Waals surface area contributed by atoms with Crippen molar-refractivity contribution in [1.82, 2.24) is 4.72 Å². The van der Waals surface area contributed by atoms with Crippen LogP contribution < -0.4 is 15.2 Å². The van der Waals surface area contributed by atoms with E-state index < -0.39 is 10.0 Å². The Hall–Kier alpha value is -0.340. The van der Waals surface area contributed by atoms with E-state index in [-0.39, 0.29) is 29.4 Å². The Labute approximate surface area is 140 Å². The van der Waals surface area contributed by atoms with Crippen molar-refractivity contribution in [3.8, 4) is 5.75 Å². The third kappa shape index (κ3) is 4.82. The van der Waals surface area contributed by atoms with Crippen molar-refractivity contribution in [3.63, 3.8) is 0 Å². The molecule has 1 aromatic rings. The van der Waals surface area contributed by atoms with Crippen LogP contribution in [0.3, 0.4) is 0 Å². The van der Waals surface area contributed by atoms with Gasteiger partial charge in [0.25, 0.3) is 0 Å². The van der Waals surface area contributed by atoms with E-state index in [0.717, 1.165) is 25.7 Å². The molecule has 0 spiro atoms. The van der Waals surface area contributed by atoms with Crippen LogP contribution >= 0.6 is 28.3 Å². The maximum absolute atomic E-state index is 12.4. The number of hydrogen-bond acceptors (Lipinski definition) is 4. The quantitative estimate of drug-likeness (QED) is 0.814. The van der Waals surface area contributed by atoms with E-state index in [1.807, 2.05) is 0 Å². The molecule has 0 aliphatic heterocycles. The average molecular weight is 400 g/mol. The van der Waals surface area contributed by atoms with Gasteiger partial charge in [0.1, 0.15) is 5.75 Å². The van der Waals surface area contributed by atoms with Crippen molar-refractivity contribution in [2.24, 2.45) is 5.73 Å². The molecule has 1 fully saturated rings. The van der Waals surface area contributed by atoms with Crippen LogP contribution in [0.5, 0.6) is 5.75 Å². The van der Waals surface area contributed by atoms with Crippen molar-refractivity contribution < 1.29 is 13.2 Å². The highest BCUT2D eigenvalue weighted by Gasteiger charge is 2.26. The van der Waals surface area contributed by atoms with Gasteiger partial charge in [-0.1, -0.05) is 0 Å². The molecule has 5 nitrogen and oxygen atoms in total. The topological polar surface area (TPSA) is 81.4 Å². The highest BCUT2D eigenvalue weighted by Crippen LogP contribution is 2.27. The molecule has 1 saturated carbocycles. The molecule has 1 aromatic carbocycles. The van der Waals surface area contributed by atoms with Gasteiger partial charge >= 0.3 is 0 Å². The minimum Gasteiger partial charge on any atom is -0.497 e. The summed E-state index contributed by atoms with van der Waals surface area (Å²) in [7, 11) is -2.05. The zero-order valence-corrected chi connectivity index (χ0v) is 14.9. The summed E-state index contributed by atoms with van der Waals surface area (Å²) in [5, 5.41) is 0. The molecule has 0 atom stereocenters. The molecule has 8 heteroatoms. The summed E-state index contributed by atoms with van der Waals surface area (Å²) in [5.74, 6) is 0.513. The molecule has 1 aliphatic rings. The van der Waals surface area contributed by atoms with E-state index in [2.05, 4.69) is 20.7 Å². The second-order valence-electron chi connectivity index (χ2n) is 5.03. The third-order valence-electron chi connectivity index (χ3n) is 3.52.